The number of nitrogens with one attached hydrogen (secondary N) is 1. The van der Waals surface area contributed by atoms with Crippen LogP contribution in [0.15, 0.2) is 0 Å². The van der Waals surface area contributed by atoms with E-state index in [1.165, 1.54) is 65.2 Å². The van der Waals surface area contributed by atoms with Crippen molar-refractivity contribution in [1.29, 1.82) is 0 Å². The summed E-state index contributed by atoms with van der Waals surface area (Å²) in [6, 6.07) is 0. The van der Waals surface area contributed by atoms with E-state index >= 15 is 0 Å². The Morgan fingerprint density at radius 2 is 1.47 bits per heavy atom. The highest BCUT2D eigenvalue weighted by atomic mass is 15.2. The molecule has 0 bridgehead atoms. The first kappa shape index (κ1) is 15.2. The first-order valence-corrected chi connectivity index (χ1v) is 7.88. The molecule has 0 atom stereocenters. The second kappa shape index (κ2) is 7.02. The van der Waals surface area contributed by atoms with Crippen molar-refractivity contribution in [3.63, 3.8) is 0 Å². The van der Waals surface area contributed by atoms with E-state index in [0.29, 0.717) is 5.41 Å². The van der Waals surface area contributed by atoms with E-state index in [1.54, 1.807) is 0 Å². The highest BCUT2D eigenvalue weighted by Crippen LogP contribution is 2.29. The predicted molar refractivity (Wildman–Crippen MR) is 81.6 cm³/mol. The summed E-state index contributed by atoms with van der Waals surface area (Å²) in [4.78, 5) is 7.46. The summed E-state index contributed by atoms with van der Waals surface area (Å²) in [5.41, 5.74) is 0.522. The number of hydrogen-bond donors (Lipinski definition) is 1. The number of rotatable bonds is 5. The van der Waals surface area contributed by atoms with Gasteiger partial charge in [-0.25, -0.2) is 0 Å². The molecule has 0 aliphatic carbocycles. The summed E-state index contributed by atoms with van der Waals surface area (Å²) >= 11 is 0. The molecule has 0 saturated carbocycles. The van der Waals surface area contributed by atoms with Gasteiger partial charge in [-0.2, -0.15) is 0 Å². The van der Waals surface area contributed by atoms with Crippen LogP contribution < -0.4 is 5.32 Å². The van der Waals surface area contributed by atoms with E-state index in [4.69, 9.17) is 0 Å². The topological polar surface area (TPSA) is 21.8 Å². The SMILES string of the molecule is CN1CCN(CCNCC2(C)CCN(C)CC2)CC1. The molecule has 2 fully saturated rings. The van der Waals surface area contributed by atoms with E-state index < -0.39 is 0 Å². The van der Waals surface area contributed by atoms with Crippen LogP contribution in [0.3, 0.4) is 0 Å². The fourth-order valence-corrected chi connectivity index (χ4v) is 3.03. The monoisotopic (exact) mass is 268 g/mol. The molecule has 0 unspecified atom stereocenters. The standard InChI is InChI=1S/C15H32N4/c1-15(4-7-17(2)8-5-15)14-16-6-9-19-12-10-18(3)11-13-19/h16H,4-14H2,1-3H3. The molecule has 4 nitrogen and oxygen atoms in total. The van der Waals surface area contributed by atoms with Crippen LogP contribution in [0.1, 0.15) is 19.8 Å². The van der Waals surface area contributed by atoms with Crippen molar-refractivity contribution in [1.82, 2.24) is 20.0 Å². The third-order valence-electron chi connectivity index (χ3n) is 4.95. The fraction of sp³-hybridized carbons (Fsp3) is 1.00. The van der Waals surface area contributed by atoms with E-state index in [9.17, 15) is 0 Å². The molecule has 0 amide bonds. The number of piperazine rings is 1. The van der Waals surface area contributed by atoms with E-state index in [-0.39, 0.29) is 0 Å². The molecule has 4 heteroatoms. The Balaban J connectivity index is 1.56. The summed E-state index contributed by atoms with van der Waals surface area (Å²) in [7, 11) is 4.46. The zero-order valence-electron chi connectivity index (χ0n) is 13.1. The van der Waals surface area contributed by atoms with Crippen LogP contribution in [-0.2, 0) is 0 Å². The zero-order valence-corrected chi connectivity index (χ0v) is 13.1. The van der Waals surface area contributed by atoms with Gasteiger partial charge in [-0.3, -0.25) is 4.90 Å². The number of nitrogens with zero attached hydrogens (tertiary/aromatic N) is 3. The van der Waals surface area contributed by atoms with Gasteiger partial charge in [0.1, 0.15) is 0 Å². The molecule has 2 aliphatic heterocycles. The van der Waals surface area contributed by atoms with E-state index in [2.05, 4.69) is 41.0 Å². The molecule has 0 aromatic heterocycles. The second-order valence-electron chi connectivity index (χ2n) is 6.94. The van der Waals surface area contributed by atoms with Crippen molar-refractivity contribution in [2.24, 2.45) is 5.41 Å². The molecule has 2 heterocycles. The van der Waals surface area contributed by atoms with Crippen molar-refractivity contribution < 1.29 is 0 Å². The smallest absolute Gasteiger partial charge is 0.0110 e. The third-order valence-corrected chi connectivity index (χ3v) is 4.95. The first-order valence-electron chi connectivity index (χ1n) is 7.88. The molecular formula is C15H32N4. The number of piperidine rings is 1. The highest BCUT2D eigenvalue weighted by Gasteiger charge is 2.28. The van der Waals surface area contributed by atoms with Gasteiger partial charge < -0.3 is 15.1 Å². The Morgan fingerprint density at radius 1 is 0.895 bits per heavy atom. The molecule has 19 heavy (non-hydrogen) atoms. The molecule has 0 spiro atoms. The van der Waals surface area contributed by atoms with Crippen molar-refractivity contribution in [3.8, 4) is 0 Å². The Labute approximate surface area is 119 Å². The number of likely N-dealkylation sites (N-methyl/N-ethyl adjacent to an activating group) is 1. The lowest BCUT2D eigenvalue weighted by atomic mass is 9.80. The lowest BCUT2D eigenvalue weighted by molar-refractivity contribution is 0.130. The van der Waals surface area contributed by atoms with Crippen molar-refractivity contribution in [2.75, 3.05) is 73.0 Å². The maximum absolute atomic E-state index is 3.70. The van der Waals surface area contributed by atoms with Gasteiger partial charge in [-0.05, 0) is 45.4 Å². The van der Waals surface area contributed by atoms with Gasteiger partial charge in [0.25, 0.3) is 0 Å². The Kier molecular flexibility index (Phi) is 5.63. The summed E-state index contributed by atoms with van der Waals surface area (Å²) in [6.45, 7) is 13.4. The zero-order chi connectivity index (χ0) is 13.7. The predicted octanol–water partition coefficient (Wildman–Crippen LogP) is 0.555. The highest BCUT2D eigenvalue weighted by molar-refractivity contribution is 4.83. The van der Waals surface area contributed by atoms with Crippen LogP contribution in [0.4, 0.5) is 0 Å². The Bertz CT molecular complexity index is 253. The molecule has 2 rings (SSSR count). The van der Waals surface area contributed by atoms with Crippen molar-refractivity contribution >= 4 is 0 Å². The first-order chi connectivity index (χ1) is 9.07. The molecule has 2 aliphatic rings. The molecule has 0 aromatic rings. The summed E-state index contributed by atoms with van der Waals surface area (Å²) in [5, 5.41) is 3.70. The normalized spacial score (nSPS) is 26.7. The summed E-state index contributed by atoms with van der Waals surface area (Å²) in [5.74, 6) is 0. The molecule has 1 N–H and O–H groups in total. The molecule has 0 aromatic carbocycles. The maximum Gasteiger partial charge on any atom is 0.0110 e. The van der Waals surface area contributed by atoms with Crippen LogP contribution in [0.5, 0.6) is 0 Å². The van der Waals surface area contributed by atoms with Gasteiger partial charge in [-0.1, -0.05) is 6.92 Å². The van der Waals surface area contributed by atoms with Gasteiger partial charge in [0.15, 0.2) is 0 Å². The molecule has 112 valence electrons. The third kappa shape index (κ3) is 5.03. The van der Waals surface area contributed by atoms with Crippen LogP contribution >= 0.6 is 0 Å². The van der Waals surface area contributed by atoms with Crippen LogP contribution in [0.25, 0.3) is 0 Å². The maximum atomic E-state index is 3.70. The lowest BCUT2D eigenvalue weighted by Crippen LogP contribution is -2.47. The molecular weight excluding hydrogens is 236 g/mol. The van der Waals surface area contributed by atoms with Gasteiger partial charge >= 0.3 is 0 Å². The van der Waals surface area contributed by atoms with Crippen molar-refractivity contribution in [3.05, 3.63) is 0 Å². The number of hydrogen-bond acceptors (Lipinski definition) is 4. The van der Waals surface area contributed by atoms with Crippen LogP contribution in [0.2, 0.25) is 0 Å². The minimum atomic E-state index is 0.522. The molecule has 0 radical (unpaired) electrons. The fourth-order valence-electron chi connectivity index (χ4n) is 3.03. The second-order valence-corrected chi connectivity index (χ2v) is 6.94. The van der Waals surface area contributed by atoms with Gasteiger partial charge in [0, 0.05) is 45.8 Å². The minimum Gasteiger partial charge on any atom is -0.315 e. The number of likely N-dealkylation sites (tertiary alicyclic amines) is 1. The van der Waals surface area contributed by atoms with Crippen LogP contribution in [0, 0.1) is 5.41 Å². The Morgan fingerprint density at radius 3 is 2.11 bits per heavy atom. The van der Waals surface area contributed by atoms with E-state index in [0.717, 1.165) is 6.54 Å². The Hall–Kier alpha value is -0.160. The summed E-state index contributed by atoms with van der Waals surface area (Å²) in [6.07, 6.45) is 2.68. The largest absolute Gasteiger partial charge is 0.315 e. The minimum absolute atomic E-state index is 0.522. The lowest BCUT2D eigenvalue weighted by Gasteiger charge is -2.38. The molecule has 2 saturated heterocycles. The average molecular weight is 268 g/mol. The van der Waals surface area contributed by atoms with Crippen LogP contribution in [-0.4, -0.2) is 87.7 Å². The van der Waals surface area contributed by atoms with Gasteiger partial charge in [0.05, 0.1) is 0 Å². The quantitative estimate of drug-likeness (QED) is 0.735. The van der Waals surface area contributed by atoms with Crippen molar-refractivity contribution in [2.45, 2.75) is 19.8 Å². The van der Waals surface area contributed by atoms with Gasteiger partial charge in [0.2, 0.25) is 0 Å². The van der Waals surface area contributed by atoms with E-state index in [1.807, 2.05) is 0 Å². The average Bonchev–Trinajstić information content (AvgIpc) is 2.41. The van der Waals surface area contributed by atoms with Gasteiger partial charge in [-0.15, -0.1) is 0 Å². The summed E-state index contributed by atoms with van der Waals surface area (Å²) < 4.78 is 0.